The van der Waals surface area contributed by atoms with Crippen LogP contribution in [-0.4, -0.2) is 35.5 Å². The van der Waals surface area contributed by atoms with Gasteiger partial charge in [0.05, 0.1) is 0 Å². The van der Waals surface area contributed by atoms with E-state index in [0.717, 1.165) is 18.4 Å². The van der Waals surface area contributed by atoms with Crippen LogP contribution < -0.4 is 0 Å². The molecule has 0 aliphatic carbocycles. The highest BCUT2D eigenvalue weighted by Crippen LogP contribution is 2.08. The minimum Gasteiger partial charge on any atom is -0.481 e. The summed E-state index contributed by atoms with van der Waals surface area (Å²) in [6, 6.07) is 7.51. The van der Waals surface area contributed by atoms with Crippen molar-refractivity contribution in [2.24, 2.45) is 0 Å². The van der Waals surface area contributed by atoms with E-state index >= 15 is 0 Å². The number of carboxylic acids is 1. The molecule has 1 N–H and O–H groups in total. The number of aryl methyl sites for hydroxylation is 1. The number of rotatable bonds is 7. The van der Waals surface area contributed by atoms with E-state index in [1.54, 1.807) is 11.9 Å². The largest absolute Gasteiger partial charge is 0.481 e. The molecule has 4 nitrogen and oxygen atoms in total. The van der Waals surface area contributed by atoms with Gasteiger partial charge in [-0.2, -0.15) is 0 Å². The third kappa shape index (κ3) is 5.55. The monoisotopic (exact) mass is 263 g/mol. The molecule has 0 spiro atoms. The zero-order valence-electron chi connectivity index (χ0n) is 11.6. The number of carbonyl (C=O) groups is 2. The third-order valence-electron chi connectivity index (χ3n) is 3.03. The number of carboxylic acid groups (broad SMARTS) is 1. The molecule has 4 heteroatoms. The first-order chi connectivity index (χ1) is 9.00. The van der Waals surface area contributed by atoms with E-state index in [0.29, 0.717) is 18.5 Å². The summed E-state index contributed by atoms with van der Waals surface area (Å²) < 4.78 is 0. The summed E-state index contributed by atoms with van der Waals surface area (Å²) in [4.78, 5) is 24.1. The van der Waals surface area contributed by atoms with E-state index in [9.17, 15) is 9.59 Å². The predicted octanol–water partition coefficient (Wildman–Crippen LogP) is 2.71. The Morgan fingerprint density at radius 3 is 2.32 bits per heavy atom. The number of benzene rings is 1. The topological polar surface area (TPSA) is 57.6 Å². The lowest BCUT2D eigenvalue weighted by Crippen LogP contribution is -2.27. The van der Waals surface area contributed by atoms with Crippen molar-refractivity contribution in [1.29, 1.82) is 0 Å². The zero-order valence-corrected chi connectivity index (χ0v) is 11.6. The van der Waals surface area contributed by atoms with Crippen LogP contribution in [0.25, 0.3) is 0 Å². The second-order valence-corrected chi connectivity index (χ2v) is 4.80. The van der Waals surface area contributed by atoms with Gasteiger partial charge in [0.15, 0.2) is 0 Å². The number of nitrogens with zero attached hydrogens (tertiary/aromatic N) is 1. The van der Waals surface area contributed by atoms with Crippen LogP contribution in [0.5, 0.6) is 0 Å². The molecule has 0 bridgehead atoms. The Labute approximate surface area is 114 Å². The highest BCUT2D eigenvalue weighted by molar-refractivity contribution is 5.94. The van der Waals surface area contributed by atoms with Crippen molar-refractivity contribution in [3.8, 4) is 0 Å². The number of aliphatic carboxylic acids is 1. The average molecular weight is 263 g/mol. The van der Waals surface area contributed by atoms with E-state index in [1.165, 1.54) is 0 Å². The minimum atomic E-state index is -0.760. The van der Waals surface area contributed by atoms with E-state index in [-0.39, 0.29) is 12.3 Å². The molecule has 0 saturated carbocycles. The summed E-state index contributed by atoms with van der Waals surface area (Å²) in [7, 11) is 1.78. The molecule has 0 aliphatic rings. The van der Waals surface area contributed by atoms with Crippen molar-refractivity contribution in [2.75, 3.05) is 13.6 Å². The van der Waals surface area contributed by atoms with Gasteiger partial charge in [0, 0.05) is 25.6 Å². The fraction of sp³-hybridized carbons (Fsp3) is 0.467. The standard InChI is InChI=1S/C15H21NO3/c1-12-7-9-13(10-8-12)15(19)16(2)11-5-3-4-6-14(17)18/h7-10H,3-6,11H2,1-2H3,(H,17,18). The maximum Gasteiger partial charge on any atom is 0.303 e. The van der Waals surface area contributed by atoms with Crippen LogP contribution in [0, 0.1) is 6.92 Å². The van der Waals surface area contributed by atoms with Gasteiger partial charge in [-0.1, -0.05) is 24.1 Å². The summed E-state index contributed by atoms with van der Waals surface area (Å²) >= 11 is 0. The van der Waals surface area contributed by atoms with Crippen molar-refractivity contribution in [2.45, 2.75) is 32.6 Å². The molecule has 0 fully saturated rings. The Morgan fingerprint density at radius 2 is 1.74 bits per heavy atom. The van der Waals surface area contributed by atoms with Crippen LogP contribution in [0.2, 0.25) is 0 Å². The van der Waals surface area contributed by atoms with Crippen molar-refractivity contribution in [3.63, 3.8) is 0 Å². The smallest absolute Gasteiger partial charge is 0.303 e. The first-order valence-electron chi connectivity index (χ1n) is 6.54. The van der Waals surface area contributed by atoms with Crippen molar-refractivity contribution < 1.29 is 14.7 Å². The second-order valence-electron chi connectivity index (χ2n) is 4.80. The number of unbranched alkanes of at least 4 members (excludes halogenated alkanes) is 2. The highest BCUT2D eigenvalue weighted by Gasteiger charge is 2.10. The van der Waals surface area contributed by atoms with Gasteiger partial charge >= 0.3 is 5.97 Å². The first kappa shape index (κ1) is 15.2. The molecule has 1 aromatic carbocycles. The molecule has 0 heterocycles. The van der Waals surface area contributed by atoms with Crippen molar-refractivity contribution in [1.82, 2.24) is 4.90 Å². The normalized spacial score (nSPS) is 10.2. The van der Waals surface area contributed by atoms with Gasteiger partial charge < -0.3 is 10.0 Å². The molecule has 0 atom stereocenters. The van der Waals surface area contributed by atoms with Crippen molar-refractivity contribution in [3.05, 3.63) is 35.4 Å². The van der Waals surface area contributed by atoms with Gasteiger partial charge in [0.1, 0.15) is 0 Å². The van der Waals surface area contributed by atoms with Gasteiger partial charge in [0.25, 0.3) is 5.91 Å². The maximum atomic E-state index is 12.1. The number of hydrogen-bond acceptors (Lipinski definition) is 2. The fourth-order valence-electron chi connectivity index (χ4n) is 1.82. The van der Waals surface area contributed by atoms with Crippen molar-refractivity contribution >= 4 is 11.9 Å². The lowest BCUT2D eigenvalue weighted by molar-refractivity contribution is -0.137. The van der Waals surface area contributed by atoms with Gasteiger partial charge in [-0.15, -0.1) is 0 Å². The van der Waals surface area contributed by atoms with Gasteiger partial charge in [-0.25, -0.2) is 0 Å². The maximum absolute atomic E-state index is 12.1. The molecule has 1 aromatic rings. The van der Waals surface area contributed by atoms with Crippen LogP contribution in [-0.2, 0) is 4.79 Å². The van der Waals surface area contributed by atoms with Gasteiger partial charge in [-0.3, -0.25) is 9.59 Å². The third-order valence-corrected chi connectivity index (χ3v) is 3.03. The molecular weight excluding hydrogens is 242 g/mol. The molecule has 0 aliphatic heterocycles. The Kier molecular flexibility index (Phi) is 6.06. The molecule has 0 radical (unpaired) electrons. The minimum absolute atomic E-state index is 0.0123. The summed E-state index contributed by atoms with van der Waals surface area (Å²) in [5, 5.41) is 8.52. The van der Waals surface area contributed by atoms with E-state index in [2.05, 4.69) is 0 Å². The predicted molar refractivity (Wildman–Crippen MR) is 74.2 cm³/mol. The molecule has 104 valence electrons. The zero-order chi connectivity index (χ0) is 14.3. The summed E-state index contributed by atoms with van der Waals surface area (Å²) in [6.45, 7) is 2.65. The summed E-state index contributed by atoms with van der Waals surface area (Å²) in [5.74, 6) is -0.748. The lowest BCUT2D eigenvalue weighted by Gasteiger charge is -2.17. The van der Waals surface area contributed by atoms with Crippen LogP contribution in [0.4, 0.5) is 0 Å². The molecule has 19 heavy (non-hydrogen) atoms. The Hall–Kier alpha value is -1.84. The van der Waals surface area contributed by atoms with Gasteiger partial charge in [0.2, 0.25) is 0 Å². The lowest BCUT2D eigenvalue weighted by atomic mass is 10.1. The van der Waals surface area contributed by atoms with E-state index in [4.69, 9.17) is 5.11 Å². The second kappa shape index (κ2) is 7.56. The van der Waals surface area contributed by atoms with Crippen LogP contribution in [0.15, 0.2) is 24.3 Å². The molecule has 0 aromatic heterocycles. The summed E-state index contributed by atoms with van der Waals surface area (Å²) in [6.07, 6.45) is 2.54. The molecule has 1 rings (SSSR count). The number of carbonyl (C=O) groups excluding carboxylic acids is 1. The van der Waals surface area contributed by atoms with Gasteiger partial charge in [-0.05, 0) is 31.9 Å². The van der Waals surface area contributed by atoms with Crippen LogP contribution in [0.3, 0.4) is 0 Å². The molecule has 1 amide bonds. The number of amides is 1. The quantitative estimate of drug-likeness (QED) is 0.769. The SMILES string of the molecule is Cc1ccc(C(=O)N(C)CCCCCC(=O)O)cc1. The first-order valence-corrected chi connectivity index (χ1v) is 6.54. The Balaban J connectivity index is 2.32. The molecular formula is C15H21NO3. The van der Waals surface area contributed by atoms with Crippen LogP contribution in [0.1, 0.15) is 41.6 Å². The fourth-order valence-corrected chi connectivity index (χ4v) is 1.82. The molecule has 0 saturated heterocycles. The summed E-state index contributed by atoms with van der Waals surface area (Å²) in [5.41, 5.74) is 1.83. The Bertz CT molecular complexity index is 426. The van der Waals surface area contributed by atoms with Crippen LogP contribution >= 0.6 is 0 Å². The Morgan fingerprint density at radius 1 is 1.11 bits per heavy atom. The van der Waals surface area contributed by atoms with E-state index < -0.39 is 5.97 Å². The highest BCUT2D eigenvalue weighted by atomic mass is 16.4. The van der Waals surface area contributed by atoms with E-state index in [1.807, 2.05) is 31.2 Å². The average Bonchev–Trinajstić information content (AvgIpc) is 2.37. The number of hydrogen-bond donors (Lipinski definition) is 1. The molecule has 0 unspecified atom stereocenters.